The van der Waals surface area contributed by atoms with Gasteiger partial charge in [-0.3, -0.25) is 0 Å². The first-order valence-electron chi connectivity index (χ1n) is 7.54. The van der Waals surface area contributed by atoms with E-state index < -0.39 is 0 Å². The molecule has 102 valence electrons. The second-order valence-corrected chi connectivity index (χ2v) is 7.48. The van der Waals surface area contributed by atoms with Gasteiger partial charge in [0, 0.05) is 5.38 Å². The van der Waals surface area contributed by atoms with Gasteiger partial charge >= 0.3 is 0 Å². The lowest BCUT2D eigenvalue weighted by atomic mass is 9.65. The molecule has 0 N–H and O–H groups in total. The van der Waals surface area contributed by atoms with Crippen molar-refractivity contribution in [1.82, 2.24) is 0 Å². The Hall–Kier alpha value is 0.290. The van der Waals surface area contributed by atoms with E-state index >= 15 is 0 Å². The normalized spacial score (nSPS) is 30.9. The van der Waals surface area contributed by atoms with Crippen LogP contribution >= 0.6 is 11.6 Å². The third kappa shape index (κ3) is 4.16. The molecule has 1 aliphatic rings. The minimum atomic E-state index is 0.406. The third-order valence-electron chi connectivity index (χ3n) is 5.01. The van der Waals surface area contributed by atoms with E-state index in [4.69, 9.17) is 11.6 Å². The Labute approximate surface area is 114 Å². The molecule has 0 nitrogen and oxygen atoms in total. The molecule has 1 saturated carbocycles. The van der Waals surface area contributed by atoms with Gasteiger partial charge in [-0.05, 0) is 42.4 Å². The second kappa shape index (κ2) is 6.45. The van der Waals surface area contributed by atoms with Gasteiger partial charge in [-0.15, -0.1) is 11.6 Å². The molecule has 0 radical (unpaired) electrons. The molecule has 0 aromatic carbocycles. The molecule has 1 heteroatoms. The molecule has 0 saturated heterocycles. The van der Waals surface area contributed by atoms with Crippen molar-refractivity contribution in [2.75, 3.05) is 0 Å². The van der Waals surface area contributed by atoms with Crippen LogP contribution in [0.3, 0.4) is 0 Å². The van der Waals surface area contributed by atoms with Crippen LogP contribution in [0.1, 0.15) is 73.1 Å². The van der Waals surface area contributed by atoms with Crippen LogP contribution in [0.25, 0.3) is 0 Å². The van der Waals surface area contributed by atoms with E-state index in [-0.39, 0.29) is 0 Å². The summed E-state index contributed by atoms with van der Waals surface area (Å²) in [6.07, 6.45) is 7.91. The first-order valence-corrected chi connectivity index (χ1v) is 7.98. The summed E-state index contributed by atoms with van der Waals surface area (Å²) < 4.78 is 0. The fourth-order valence-corrected chi connectivity index (χ4v) is 4.44. The van der Waals surface area contributed by atoms with E-state index in [0.29, 0.717) is 10.8 Å². The first-order chi connectivity index (χ1) is 7.90. The lowest BCUT2D eigenvalue weighted by Gasteiger charge is -2.43. The molecule has 0 aromatic rings. The maximum absolute atomic E-state index is 6.63. The Bertz CT molecular complexity index is 218. The maximum Gasteiger partial charge on any atom is 0.0371 e. The Morgan fingerprint density at radius 2 is 1.76 bits per heavy atom. The van der Waals surface area contributed by atoms with Crippen molar-refractivity contribution < 1.29 is 0 Å². The van der Waals surface area contributed by atoms with Gasteiger partial charge in [0.15, 0.2) is 0 Å². The zero-order chi connectivity index (χ0) is 13.1. The highest BCUT2D eigenvalue weighted by Crippen LogP contribution is 2.46. The van der Waals surface area contributed by atoms with Gasteiger partial charge in [-0.2, -0.15) is 0 Å². The van der Waals surface area contributed by atoms with Gasteiger partial charge in [-0.1, -0.05) is 53.9 Å². The van der Waals surface area contributed by atoms with E-state index in [9.17, 15) is 0 Å². The van der Waals surface area contributed by atoms with Gasteiger partial charge in [0.1, 0.15) is 0 Å². The van der Waals surface area contributed by atoms with E-state index in [1.807, 2.05) is 0 Å². The van der Waals surface area contributed by atoms with Crippen LogP contribution in [0.15, 0.2) is 0 Å². The molecule has 1 rings (SSSR count). The maximum atomic E-state index is 6.63. The molecule has 17 heavy (non-hydrogen) atoms. The molecule has 0 heterocycles. The van der Waals surface area contributed by atoms with Crippen LogP contribution in [0, 0.1) is 23.2 Å². The quantitative estimate of drug-likeness (QED) is 0.540. The summed E-state index contributed by atoms with van der Waals surface area (Å²) in [5, 5.41) is 0.406. The third-order valence-corrected chi connectivity index (χ3v) is 5.49. The fraction of sp³-hybridized carbons (Fsp3) is 1.00. The van der Waals surface area contributed by atoms with Crippen molar-refractivity contribution in [1.29, 1.82) is 0 Å². The molecular weight excluding hydrogens is 228 g/mol. The topological polar surface area (TPSA) is 0 Å². The average molecular weight is 259 g/mol. The summed E-state index contributed by atoms with van der Waals surface area (Å²) in [6, 6.07) is 0. The second-order valence-electron chi connectivity index (χ2n) is 6.92. The molecule has 1 aliphatic carbocycles. The Morgan fingerprint density at radius 3 is 2.24 bits per heavy atom. The highest BCUT2D eigenvalue weighted by atomic mass is 35.5. The molecule has 0 amide bonds. The van der Waals surface area contributed by atoms with Crippen molar-refractivity contribution in [2.24, 2.45) is 23.2 Å². The lowest BCUT2D eigenvalue weighted by Crippen LogP contribution is -2.37. The lowest BCUT2D eigenvalue weighted by molar-refractivity contribution is 0.108. The number of halogens is 1. The average Bonchev–Trinajstić information content (AvgIpc) is 2.25. The van der Waals surface area contributed by atoms with Gasteiger partial charge in [0.05, 0.1) is 0 Å². The summed E-state index contributed by atoms with van der Waals surface area (Å²) in [6.45, 7) is 11.9. The van der Waals surface area contributed by atoms with Crippen LogP contribution in [0.4, 0.5) is 0 Å². The molecule has 0 spiro atoms. The van der Waals surface area contributed by atoms with Crippen LogP contribution in [0.5, 0.6) is 0 Å². The van der Waals surface area contributed by atoms with E-state index in [0.717, 1.165) is 17.8 Å². The van der Waals surface area contributed by atoms with Crippen LogP contribution in [-0.2, 0) is 0 Å². The van der Waals surface area contributed by atoms with Crippen molar-refractivity contribution in [3.8, 4) is 0 Å². The summed E-state index contributed by atoms with van der Waals surface area (Å²) >= 11 is 6.63. The Balaban J connectivity index is 2.62. The highest BCUT2D eigenvalue weighted by Gasteiger charge is 2.38. The van der Waals surface area contributed by atoms with Gasteiger partial charge < -0.3 is 0 Å². The van der Waals surface area contributed by atoms with Gasteiger partial charge in [-0.25, -0.2) is 0 Å². The molecular formula is C16H31Cl. The van der Waals surface area contributed by atoms with Crippen LogP contribution in [0.2, 0.25) is 0 Å². The van der Waals surface area contributed by atoms with Crippen molar-refractivity contribution >= 4 is 11.6 Å². The fourth-order valence-electron chi connectivity index (χ4n) is 3.66. The van der Waals surface area contributed by atoms with Crippen molar-refractivity contribution in [3.63, 3.8) is 0 Å². The smallest absolute Gasteiger partial charge is 0.0371 e. The molecule has 0 bridgehead atoms. The summed E-state index contributed by atoms with van der Waals surface area (Å²) in [4.78, 5) is 0. The van der Waals surface area contributed by atoms with Crippen LogP contribution < -0.4 is 0 Å². The van der Waals surface area contributed by atoms with Gasteiger partial charge in [0.25, 0.3) is 0 Å². The summed E-state index contributed by atoms with van der Waals surface area (Å²) in [7, 11) is 0. The predicted molar refractivity (Wildman–Crippen MR) is 78.6 cm³/mol. The first kappa shape index (κ1) is 15.3. The van der Waals surface area contributed by atoms with E-state index in [1.165, 1.54) is 38.5 Å². The number of hydrogen-bond acceptors (Lipinski definition) is 0. The van der Waals surface area contributed by atoms with E-state index in [1.54, 1.807) is 0 Å². The zero-order valence-corrected chi connectivity index (χ0v) is 13.2. The van der Waals surface area contributed by atoms with Crippen molar-refractivity contribution in [2.45, 2.75) is 78.5 Å². The Morgan fingerprint density at radius 1 is 1.18 bits per heavy atom. The summed E-state index contributed by atoms with van der Waals surface area (Å²) in [5.41, 5.74) is 0.420. The number of hydrogen-bond donors (Lipinski definition) is 0. The molecule has 3 atom stereocenters. The minimum absolute atomic E-state index is 0.406. The standard InChI is InChI=1S/C16H31Cl/c1-6-13(7-2)11-16(4,5)14-9-8-12(3)10-15(14)17/h12-15H,6-11H2,1-5H3. The van der Waals surface area contributed by atoms with Crippen molar-refractivity contribution in [3.05, 3.63) is 0 Å². The molecule has 0 aromatic heterocycles. The highest BCUT2D eigenvalue weighted by molar-refractivity contribution is 6.20. The minimum Gasteiger partial charge on any atom is -0.123 e. The van der Waals surface area contributed by atoms with Crippen LogP contribution in [-0.4, -0.2) is 5.38 Å². The number of alkyl halides is 1. The monoisotopic (exact) mass is 258 g/mol. The molecule has 3 unspecified atom stereocenters. The van der Waals surface area contributed by atoms with E-state index in [2.05, 4.69) is 34.6 Å². The molecule has 0 aliphatic heterocycles. The zero-order valence-electron chi connectivity index (χ0n) is 12.4. The SMILES string of the molecule is CCC(CC)CC(C)(C)C1CCC(C)CC1Cl. The number of rotatable bonds is 5. The largest absolute Gasteiger partial charge is 0.123 e. The molecule has 1 fully saturated rings. The Kier molecular flexibility index (Phi) is 5.83. The predicted octanol–water partition coefficient (Wildman–Crippen LogP) is 5.88. The summed E-state index contributed by atoms with van der Waals surface area (Å²) in [5.74, 6) is 2.44. The van der Waals surface area contributed by atoms with Gasteiger partial charge in [0.2, 0.25) is 0 Å².